The minimum Gasteiger partial charge on any atom is -0.390 e. The van der Waals surface area contributed by atoms with E-state index in [-0.39, 0.29) is 37.4 Å². The van der Waals surface area contributed by atoms with Crippen LogP contribution in [0.25, 0.3) is 0 Å². The molecule has 0 bridgehead atoms. The molecule has 5 fully saturated rings. The number of hydrogen-bond donors (Lipinski definition) is 1. The van der Waals surface area contributed by atoms with Crippen molar-refractivity contribution in [3.63, 3.8) is 0 Å². The van der Waals surface area contributed by atoms with Crippen molar-refractivity contribution in [2.75, 3.05) is 20.2 Å². The maximum Gasteiger partial charge on any atom is 0.227 e. The zero-order valence-electron chi connectivity index (χ0n) is 24.0. The molecule has 0 radical (unpaired) electrons. The van der Waals surface area contributed by atoms with Crippen LogP contribution in [0.5, 0.6) is 0 Å². The summed E-state index contributed by atoms with van der Waals surface area (Å²) in [6, 6.07) is 8.42. The molecule has 1 N–H and O–H groups in total. The number of hydrogen-bond acceptors (Lipinski definition) is 6. The Morgan fingerprint density at radius 1 is 1.15 bits per heavy atom. The Morgan fingerprint density at radius 2 is 1.98 bits per heavy atom. The molecule has 0 aromatic heterocycles. The Labute approximate surface area is 249 Å². The van der Waals surface area contributed by atoms with Gasteiger partial charge in [-0.05, 0) is 79.2 Å². The molecule has 220 valence electrons. The summed E-state index contributed by atoms with van der Waals surface area (Å²) in [4.78, 5) is 4.90. The van der Waals surface area contributed by atoms with Crippen molar-refractivity contribution in [1.29, 1.82) is 0 Å². The Bertz CT molecular complexity index is 1380. The van der Waals surface area contributed by atoms with Gasteiger partial charge in [-0.25, -0.2) is 4.39 Å². The number of rotatable bonds is 2. The number of aliphatic hydroxyl groups is 1. The smallest absolute Gasteiger partial charge is 0.227 e. The average Bonchev–Trinajstić information content (AvgIpc) is 3.70. The van der Waals surface area contributed by atoms with Crippen LogP contribution in [0.2, 0.25) is 0 Å². The van der Waals surface area contributed by atoms with E-state index < -0.39 is 34.0 Å². The van der Waals surface area contributed by atoms with E-state index in [1.165, 1.54) is 11.1 Å². The Balaban J connectivity index is 1.14. The van der Waals surface area contributed by atoms with Gasteiger partial charge in [0.2, 0.25) is 5.79 Å². The number of benzene rings is 1. The van der Waals surface area contributed by atoms with Gasteiger partial charge in [0.15, 0.2) is 13.6 Å². The summed E-state index contributed by atoms with van der Waals surface area (Å²) in [7, 11) is 0. The maximum atomic E-state index is 18.2. The third kappa shape index (κ3) is 3.22. The number of alkyl halides is 1. The summed E-state index contributed by atoms with van der Waals surface area (Å²) in [5, 5.41) is 12.0. The number of aliphatic hydroxyl groups excluding tert-OH is 1. The summed E-state index contributed by atoms with van der Waals surface area (Å²) in [6.45, 7) is 7.01. The van der Waals surface area contributed by atoms with Crippen molar-refractivity contribution < 1.29 is 28.4 Å². The number of ether oxygens (including phenoxy) is 4. The molecular weight excluding hydrogens is 589 g/mol. The summed E-state index contributed by atoms with van der Waals surface area (Å²) in [6.07, 6.45) is 7.13. The lowest BCUT2D eigenvalue weighted by Crippen LogP contribution is -2.72. The largest absolute Gasteiger partial charge is 0.390 e. The summed E-state index contributed by atoms with van der Waals surface area (Å²) >= 11 is 3.58. The molecule has 7 aliphatic rings. The third-order valence-electron chi connectivity index (χ3n) is 12.5. The van der Waals surface area contributed by atoms with Crippen LogP contribution in [0.4, 0.5) is 4.39 Å². The van der Waals surface area contributed by atoms with Crippen molar-refractivity contribution in [3.05, 3.63) is 57.1 Å². The number of nitrogens with zero attached hydrogens (tertiary/aromatic N) is 1. The van der Waals surface area contributed by atoms with E-state index in [0.29, 0.717) is 25.9 Å². The second kappa shape index (κ2) is 8.82. The first kappa shape index (κ1) is 27.2. The minimum absolute atomic E-state index is 0.0314. The molecule has 0 amide bonds. The predicted molar refractivity (Wildman–Crippen MR) is 155 cm³/mol. The zero-order chi connectivity index (χ0) is 28.4. The van der Waals surface area contributed by atoms with E-state index in [0.717, 1.165) is 34.9 Å². The lowest BCUT2D eigenvalue weighted by molar-refractivity contribution is -0.279. The SMILES string of the molecule is C[C@@H]1C[C@H]2[C@@H]3CCC4=CC5=C(C=NC5Cc5cccc(Br)c5)C[C@]4(C)[C@@]3(F)[C@@H](O)C[C@]2(C)[C@]12OCOC21COCO1. The Kier molecular flexibility index (Phi) is 5.84. The van der Waals surface area contributed by atoms with E-state index >= 15 is 4.39 Å². The van der Waals surface area contributed by atoms with Gasteiger partial charge in [-0.1, -0.05) is 60.5 Å². The van der Waals surface area contributed by atoms with Gasteiger partial charge in [-0.3, -0.25) is 4.99 Å². The van der Waals surface area contributed by atoms with Crippen LogP contribution in [-0.4, -0.2) is 60.7 Å². The highest BCUT2D eigenvalue weighted by atomic mass is 79.9. The molecule has 41 heavy (non-hydrogen) atoms. The number of fused-ring (bicyclic) bond motifs is 7. The van der Waals surface area contributed by atoms with Crippen molar-refractivity contribution in [2.45, 2.75) is 88.5 Å². The second-order valence-corrected chi connectivity index (χ2v) is 15.0. The summed E-state index contributed by atoms with van der Waals surface area (Å²) in [5.41, 5.74) is 0.855. The number of aliphatic imine (C=N–C) groups is 1. The van der Waals surface area contributed by atoms with Crippen LogP contribution in [0.1, 0.15) is 58.4 Å². The molecule has 6 nitrogen and oxygen atoms in total. The lowest BCUT2D eigenvalue weighted by Gasteiger charge is -2.64. The van der Waals surface area contributed by atoms with Gasteiger partial charge < -0.3 is 24.1 Å². The molecule has 1 aromatic rings. The van der Waals surface area contributed by atoms with E-state index in [9.17, 15) is 5.11 Å². The van der Waals surface area contributed by atoms with Gasteiger partial charge in [0.05, 0.1) is 12.1 Å². The summed E-state index contributed by atoms with van der Waals surface area (Å²) < 4.78 is 43.8. The van der Waals surface area contributed by atoms with Gasteiger partial charge in [0.1, 0.15) is 17.9 Å². The van der Waals surface area contributed by atoms with Crippen molar-refractivity contribution in [3.8, 4) is 0 Å². The molecule has 1 aromatic carbocycles. The Morgan fingerprint density at radius 3 is 2.76 bits per heavy atom. The van der Waals surface area contributed by atoms with Crippen LogP contribution in [0, 0.1) is 28.6 Å². The van der Waals surface area contributed by atoms with E-state index in [2.05, 4.69) is 61.0 Å². The first-order valence-corrected chi connectivity index (χ1v) is 16.0. The van der Waals surface area contributed by atoms with Gasteiger partial charge in [-0.15, -0.1) is 0 Å². The predicted octanol–water partition coefficient (Wildman–Crippen LogP) is 6.07. The number of halogens is 2. The standard InChI is InChI=1S/C33H39BrFNO5/c1-19-9-26-25-8-7-22-12-24-21(15-36-27(24)11-20-5-4-6-23(34)10-20)13-29(22,2)32(25,35)28(37)14-30(26,3)33(19)31(40-18-41-33)16-38-17-39-31/h4-6,10,12,15,19,25-28,37H,7-9,11,13-14,16-18H2,1-3H3/t19-,25+,26+,27?,28+,29+,30+,31?,32+,33-/m1/s1. The maximum absolute atomic E-state index is 18.2. The highest BCUT2D eigenvalue weighted by molar-refractivity contribution is 9.10. The van der Waals surface area contributed by atoms with Crippen LogP contribution >= 0.6 is 15.9 Å². The van der Waals surface area contributed by atoms with E-state index in [4.69, 9.17) is 23.9 Å². The van der Waals surface area contributed by atoms with Crippen molar-refractivity contribution in [2.24, 2.45) is 33.6 Å². The van der Waals surface area contributed by atoms with Gasteiger partial charge in [0, 0.05) is 27.4 Å². The average molecular weight is 629 g/mol. The zero-order valence-corrected chi connectivity index (χ0v) is 25.6. The molecule has 4 aliphatic carbocycles. The van der Waals surface area contributed by atoms with Crippen molar-refractivity contribution in [1.82, 2.24) is 0 Å². The second-order valence-electron chi connectivity index (χ2n) is 14.1. The summed E-state index contributed by atoms with van der Waals surface area (Å²) in [5.74, 6) is -1.20. The molecule has 8 heteroatoms. The van der Waals surface area contributed by atoms with E-state index in [1.54, 1.807) is 0 Å². The third-order valence-corrected chi connectivity index (χ3v) is 13.0. The molecule has 3 aliphatic heterocycles. The minimum atomic E-state index is -1.75. The molecule has 3 saturated carbocycles. The fraction of sp³-hybridized carbons (Fsp3) is 0.667. The molecule has 10 atom stereocenters. The highest BCUT2D eigenvalue weighted by Crippen LogP contribution is 2.75. The first-order chi connectivity index (χ1) is 19.6. The van der Waals surface area contributed by atoms with Gasteiger partial charge in [-0.2, -0.15) is 0 Å². The molecular formula is C33H39BrFNO5. The van der Waals surface area contributed by atoms with E-state index in [1.807, 2.05) is 12.3 Å². The number of allylic oxidation sites excluding steroid dienone is 2. The molecule has 8 rings (SSSR count). The van der Waals surface area contributed by atoms with Crippen LogP contribution in [0.3, 0.4) is 0 Å². The first-order valence-electron chi connectivity index (χ1n) is 15.2. The van der Waals surface area contributed by atoms with Crippen molar-refractivity contribution >= 4 is 22.1 Å². The Hall–Kier alpha value is -1.42. The quantitative estimate of drug-likeness (QED) is 0.431. The fourth-order valence-electron chi connectivity index (χ4n) is 10.9. The van der Waals surface area contributed by atoms with Gasteiger partial charge >= 0.3 is 0 Å². The monoisotopic (exact) mass is 627 g/mol. The molecule has 2 unspecified atom stereocenters. The molecule has 2 saturated heterocycles. The van der Waals surface area contributed by atoms with Crippen LogP contribution in [-0.2, 0) is 25.4 Å². The highest BCUT2D eigenvalue weighted by Gasteiger charge is 2.81. The molecule has 2 spiro atoms. The van der Waals surface area contributed by atoms with Gasteiger partial charge in [0.25, 0.3) is 0 Å². The van der Waals surface area contributed by atoms with Crippen LogP contribution < -0.4 is 0 Å². The fourth-order valence-corrected chi connectivity index (χ4v) is 11.3. The lowest BCUT2D eigenvalue weighted by atomic mass is 9.43. The molecule has 3 heterocycles. The van der Waals surface area contributed by atoms with Crippen LogP contribution in [0.15, 0.2) is 56.5 Å². The topological polar surface area (TPSA) is 69.5 Å². The normalized spacial score (nSPS) is 49.8.